The molecule has 2 heteroatoms. The van der Waals surface area contributed by atoms with Crippen molar-refractivity contribution in [2.75, 3.05) is 4.90 Å². The van der Waals surface area contributed by atoms with Crippen LogP contribution >= 0.6 is 0 Å². The highest BCUT2D eigenvalue weighted by Gasteiger charge is 2.23. The summed E-state index contributed by atoms with van der Waals surface area (Å²) in [7, 11) is 0. The Labute approximate surface area is 381 Å². The highest BCUT2D eigenvalue weighted by atomic mass is 15.1. The van der Waals surface area contributed by atoms with E-state index in [1.807, 2.05) is 0 Å². The highest BCUT2D eigenvalue weighted by Crippen LogP contribution is 2.48. The average Bonchev–Trinajstić information content (AvgIpc) is 3.73. The van der Waals surface area contributed by atoms with Crippen molar-refractivity contribution in [3.8, 4) is 27.9 Å². The van der Waals surface area contributed by atoms with Gasteiger partial charge in [0.2, 0.25) is 0 Å². The molecule has 0 aliphatic rings. The summed E-state index contributed by atoms with van der Waals surface area (Å²) in [6.07, 6.45) is 0. The molecule has 0 saturated heterocycles. The van der Waals surface area contributed by atoms with Gasteiger partial charge in [-0.3, -0.25) is 0 Å². The van der Waals surface area contributed by atoms with Gasteiger partial charge in [-0.2, -0.15) is 0 Å². The second-order valence-corrected chi connectivity index (χ2v) is 17.6. The van der Waals surface area contributed by atoms with E-state index >= 15 is 0 Å². The van der Waals surface area contributed by atoms with Gasteiger partial charge in [-0.25, -0.2) is 0 Å². The molecule has 1 aromatic heterocycles. The lowest BCUT2D eigenvalue weighted by molar-refractivity contribution is 1.18. The van der Waals surface area contributed by atoms with Crippen molar-refractivity contribution in [1.82, 2.24) is 4.57 Å². The molecule has 0 bridgehead atoms. The van der Waals surface area contributed by atoms with E-state index in [9.17, 15) is 0 Å². The molecule has 2 nitrogen and oxygen atoms in total. The molecule has 0 radical (unpaired) electrons. The fraction of sp³-hybridized carbons (Fsp3) is 0. The fourth-order valence-electron chi connectivity index (χ4n) is 11.2. The topological polar surface area (TPSA) is 8.17 Å². The lowest BCUT2D eigenvalue weighted by Gasteiger charge is -2.28. The minimum Gasteiger partial charge on any atom is -0.310 e. The van der Waals surface area contributed by atoms with Crippen molar-refractivity contribution in [3.63, 3.8) is 0 Å². The summed E-state index contributed by atoms with van der Waals surface area (Å²) in [6, 6.07) is 89.8. The Hall–Kier alpha value is -8.72. The van der Waals surface area contributed by atoms with Gasteiger partial charge in [-0.05, 0) is 141 Å². The van der Waals surface area contributed by atoms with E-state index in [1.165, 1.54) is 109 Å². The number of aromatic nitrogens is 1. The summed E-state index contributed by atoms with van der Waals surface area (Å²) in [5, 5.41) is 17.7. The van der Waals surface area contributed by atoms with Crippen LogP contribution in [-0.2, 0) is 0 Å². The molecule has 14 aromatic rings. The van der Waals surface area contributed by atoms with Crippen molar-refractivity contribution in [3.05, 3.63) is 243 Å². The maximum Gasteiger partial charge on any atom is 0.0562 e. The first-order chi connectivity index (χ1) is 32.7. The molecule has 14 rings (SSSR count). The predicted octanol–water partition coefficient (Wildman–Crippen LogP) is 17.9. The van der Waals surface area contributed by atoms with Crippen molar-refractivity contribution in [1.29, 1.82) is 0 Å². The molecular weight excluding hydrogens is 797 g/mol. The van der Waals surface area contributed by atoms with Crippen LogP contribution in [0.25, 0.3) is 114 Å². The van der Waals surface area contributed by atoms with Crippen LogP contribution in [0.1, 0.15) is 0 Å². The van der Waals surface area contributed by atoms with Gasteiger partial charge in [-0.15, -0.1) is 0 Å². The molecule has 306 valence electrons. The van der Waals surface area contributed by atoms with Crippen LogP contribution in [0.4, 0.5) is 17.1 Å². The number of anilines is 3. The second-order valence-electron chi connectivity index (χ2n) is 17.6. The molecule has 0 aliphatic carbocycles. The summed E-state index contributed by atoms with van der Waals surface area (Å²) in [5.74, 6) is 0. The van der Waals surface area contributed by atoms with E-state index in [0.717, 1.165) is 22.7 Å². The summed E-state index contributed by atoms with van der Waals surface area (Å²) < 4.78 is 2.42. The van der Waals surface area contributed by atoms with Crippen molar-refractivity contribution < 1.29 is 0 Å². The van der Waals surface area contributed by atoms with E-state index in [0.29, 0.717) is 0 Å². The van der Waals surface area contributed by atoms with E-state index in [2.05, 4.69) is 252 Å². The number of rotatable bonds is 6. The third-order valence-electron chi connectivity index (χ3n) is 14.0. The lowest BCUT2D eigenvalue weighted by Crippen LogP contribution is -2.10. The van der Waals surface area contributed by atoms with Gasteiger partial charge in [0.15, 0.2) is 0 Å². The van der Waals surface area contributed by atoms with Crippen molar-refractivity contribution >= 4 is 104 Å². The average molecular weight is 837 g/mol. The van der Waals surface area contributed by atoms with Crippen molar-refractivity contribution in [2.24, 2.45) is 0 Å². The maximum atomic E-state index is 2.51. The minimum absolute atomic E-state index is 1.09. The Balaban J connectivity index is 1.07. The van der Waals surface area contributed by atoms with Crippen LogP contribution in [0.5, 0.6) is 0 Å². The zero-order valence-corrected chi connectivity index (χ0v) is 36.0. The molecule has 0 aliphatic heterocycles. The number of fused-ring (bicyclic) bond motifs is 5. The molecular formula is C64H40N2. The maximum absolute atomic E-state index is 2.51. The fourth-order valence-corrected chi connectivity index (χ4v) is 11.2. The SMILES string of the molecule is c1ccc(-c2ccc(-c3ccc(N(c4cc5ccc6cccc7c8cccc9ccc%10cccc(c(c4)c5c67)c%10c98)c4cccc5c4c4ccccc4n5-c4ccccc4)cc3)cc2)cc1. The normalized spacial score (nSPS) is 11.9. The smallest absolute Gasteiger partial charge is 0.0562 e. The van der Waals surface area contributed by atoms with Gasteiger partial charge in [0.05, 0.1) is 16.7 Å². The number of benzene rings is 12. The third kappa shape index (κ3) is 5.49. The van der Waals surface area contributed by atoms with E-state index in [-0.39, 0.29) is 0 Å². The van der Waals surface area contributed by atoms with E-state index in [4.69, 9.17) is 0 Å². The number of nitrogens with zero attached hydrogens (tertiary/aromatic N) is 2. The summed E-state index contributed by atoms with van der Waals surface area (Å²) in [6.45, 7) is 0. The third-order valence-corrected chi connectivity index (χ3v) is 14.0. The van der Waals surface area contributed by atoms with Gasteiger partial charge >= 0.3 is 0 Å². The Morgan fingerprint density at radius 3 is 1.33 bits per heavy atom. The quantitative estimate of drug-likeness (QED) is 0.152. The Kier molecular flexibility index (Phi) is 8.02. The number of hydrogen-bond acceptors (Lipinski definition) is 1. The van der Waals surface area contributed by atoms with Crippen LogP contribution in [0, 0.1) is 0 Å². The van der Waals surface area contributed by atoms with Gasteiger partial charge in [0.25, 0.3) is 0 Å². The van der Waals surface area contributed by atoms with Gasteiger partial charge in [-0.1, -0.05) is 188 Å². The number of para-hydroxylation sites is 2. The van der Waals surface area contributed by atoms with Crippen molar-refractivity contribution in [2.45, 2.75) is 0 Å². The summed E-state index contributed by atoms with van der Waals surface area (Å²) in [5.41, 5.74) is 11.6. The predicted molar refractivity (Wildman–Crippen MR) is 283 cm³/mol. The molecule has 0 saturated carbocycles. The van der Waals surface area contributed by atoms with Crippen LogP contribution in [0.2, 0.25) is 0 Å². The molecule has 0 fully saturated rings. The largest absolute Gasteiger partial charge is 0.310 e. The molecule has 66 heavy (non-hydrogen) atoms. The molecule has 0 unspecified atom stereocenters. The minimum atomic E-state index is 1.09. The van der Waals surface area contributed by atoms with Gasteiger partial charge in [0, 0.05) is 27.8 Å². The molecule has 0 atom stereocenters. The highest BCUT2D eigenvalue weighted by molar-refractivity contribution is 6.37. The van der Waals surface area contributed by atoms with Crippen LogP contribution in [0.3, 0.4) is 0 Å². The van der Waals surface area contributed by atoms with Crippen LogP contribution in [0.15, 0.2) is 243 Å². The standard InChI is InChI=1S/C64H40N2/c1-3-13-41(14-4-1)42-27-29-43(30-28-42)44-35-37-50(38-36-44)65(58-25-12-26-59-64(58)55-20-7-8-24-57(55)66(59)49-18-5-2-6-19-49)51-39-48-34-33-47-16-10-22-53-52-21-9-15-45-31-32-46-17-11-23-54(62(46)60(45)52)56(40-51)63(48)61(47)53/h1-40H. The lowest BCUT2D eigenvalue weighted by atomic mass is 9.87. The molecule has 1 heterocycles. The monoisotopic (exact) mass is 836 g/mol. The first-order valence-electron chi connectivity index (χ1n) is 22.8. The molecule has 13 aromatic carbocycles. The zero-order chi connectivity index (χ0) is 43.3. The first kappa shape index (κ1) is 36.7. The van der Waals surface area contributed by atoms with E-state index < -0.39 is 0 Å². The van der Waals surface area contributed by atoms with Crippen LogP contribution < -0.4 is 4.90 Å². The summed E-state index contributed by atoms with van der Waals surface area (Å²) in [4.78, 5) is 2.51. The Morgan fingerprint density at radius 1 is 0.258 bits per heavy atom. The summed E-state index contributed by atoms with van der Waals surface area (Å²) >= 11 is 0. The van der Waals surface area contributed by atoms with Crippen LogP contribution in [-0.4, -0.2) is 4.57 Å². The zero-order valence-electron chi connectivity index (χ0n) is 36.0. The van der Waals surface area contributed by atoms with E-state index in [1.54, 1.807) is 0 Å². The molecule has 0 N–H and O–H groups in total. The number of hydrogen-bond donors (Lipinski definition) is 0. The Bertz CT molecular complexity index is 4180. The molecule has 0 spiro atoms. The van der Waals surface area contributed by atoms with Gasteiger partial charge < -0.3 is 9.47 Å². The molecule has 0 amide bonds. The second kappa shape index (κ2) is 14.4. The Morgan fingerprint density at radius 2 is 0.712 bits per heavy atom. The van der Waals surface area contributed by atoms with Gasteiger partial charge in [0.1, 0.15) is 0 Å². The first-order valence-corrected chi connectivity index (χ1v) is 22.8.